The fourth-order valence-electron chi connectivity index (χ4n) is 3.72. The normalized spacial score (nSPS) is 15.0. The van der Waals surface area contributed by atoms with Crippen LogP contribution < -0.4 is 4.74 Å². The Morgan fingerprint density at radius 3 is 2.57 bits per heavy atom. The van der Waals surface area contributed by atoms with Crippen molar-refractivity contribution in [1.82, 2.24) is 9.88 Å². The number of amides is 1. The van der Waals surface area contributed by atoms with Crippen LogP contribution >= 0.6 is 23.2 Å². The Kier molecular flexibility index (Phi) is 6.49. The zero-order chi connectivity index (χ0) is 21.1. The third kappa shape index (κ3) is 4.42. The topological polar surface area (TPSA) is 55.6 Å². The summed E-state index contributed by atoms with van der Waals surface area (Å²) in [6, 6.07) is 11.0. The lowest BCUT2D eigenvalue weighted by atomic mass is 9.96. The summed E-state index contributed by atoms with van der Waals surface area (Å²) in [6.07, 6.45) is 3.55. The molecule has 3 aromatic rings. The molecule has 4 rings (SSSR count). The molecule has 7 heteroatoms. The van der Waals surface area contributed by atoms with Crippen LogP contribution in [0.15, 0.2) is 40.8 Å². The van der Waals surface area contributed by atoms with Gasteiger partial charge in [-0.2, -0.15) is 0 Å². The molecule has 30 heavy (non-hydrogen) atoms. The second-order valence-corrected chi connectivity index (χ2v) is 8.37. The van der Waals surface area contributed by atoms with Gasteiger partial charge in [-0.3, -0.25) is 4.79 Å². The van der Waals surface area contributed by atoms with Crippen molar-refractivity contribution in [2.24, 2.45) is 0 Å². The highest BCUT2D eigenvalue weighted by atomic mass is 35.5. The molecule has 2 aromatic carbocycles. The minimum absolute atomic E-state index is 0.0741. The Labute approximate surface area is 185 Å². The standard InChI is InChI=1S/C23H24Cl2N2O3/c1-2-3-12-29-21-17(24)13-16(14-18(21)25)23(28)27-10-8-15(9-11-27)22-26-19-6-4-5-7-20(19)30-22/h4-7,13-15H,2-3,8-12H2,1H3. The summed E-state index contributed by atoms with van der Waals surface area (Å²) in [7, 11) is 0. The molecule has 0 atom stereocenters. The van der Waals surface area contributed by atoms with Crippen LogP contribution in [0.25, 0.3) is 11.1 Å². The summed E-state index contributed by atoms with van der Waals surface area (Å²) in [5.41, 5.74) is 2.15. The Bertz CT molecular complexity index is 986. The van der Waals surface area contributed by atoms with Gasteiger partial charge in [0, 0.05) is 24.6 Å². The highest BCUT2D eigenvalue weighted by Crippen LogP contribution is 2.36. The van der Waals surface area contributed by atoms with Crippen LogP contribution in [0.1, 0.15) is 54.8 Å². The smallest absolute Gasteiger partial charge is 0.253 e. The van der Waals surface area contributed by atoms with Crippen molar-refractivity contribution in [3.8, 4) is 5.75 Å². The van der Waals surface area contributed by atoms with E-state index in [2.05, 4.69) is 11.9 Å². The van der Waals surface area contributed by atoms with Crippen molar-refractivity contribution in [3.05, 3.63) is 57.9 Å². The zero-order valence-electron chi connectivity index (χ0n) is 16.9. The van der Waals surface area contributed by atoms with Gasteiger partial charge >= 0.3 is 0 Å². The van der Waals surface area contributed by atoms with Gasteiger partial charge in [0.2, 0.25) is 0 Å². The molecule has 1 saturated heterocycles. The third-order valence-electron chi connectivity index (χ3n) is 5.43. The molecule has 0 radical (unpaired) electrons. The van der Waals surface area contributed by atoms with Gasteiger partial charge in [-0.25, -0.2) is 4.98 Å². The van der Waals surface area contributed by atoms with Crippen molar-refractivity contribution >= 4 is 40.2 Å². The molecule has 0 unspecified atom stereocenters. The first-order chi connectivity index (χ1) is 14.6. The van der Waals surface area contributed by atoms with Gasteiger partial charge in [0.15, 0.2) is 17.2 Å². The number of fused-ring (bicyclic) bond motifs is 1. The van der Waals surface area contributed by atoms with E-state index in [4.69, 9.17) is 32.4 Å². The quantitative estimate of drug-likeness (QED) is 0.414. The molecular formula is C23H24Cl2N2O3. The number of likely N-dealkylation sites (tertiary alicyclic amines) is 1. The average molecular weight is 447 g/mol. The maximum atomic E-state index is 13.0. The first kappa shape index (κ1) is 21.0. The van der Waals surface area contributed by atoms with Crippen molar-refractivity contribution in [2.45, 2.75) is 38.5 Å². The van der Waals surface area contributed by atoms with Crippen LogP contribution in [0, 0.1) is 0 Å². The third-order valence-corrected chi connectivity index (χ3v) is 5.99. The SMILES string of the molecule is CCCCOc1c(Cl)cc(C(=O)N2CCC(c3nc4ccccc4o3)CC2)cc1Cl. The molecule has 1 aromatic heterocycles. The number of ether oxygens (including phenoxy) is 1. The average Bonchev–Trinajstić information content (AvgIpc) is 3.19. The molecule has 0 saturated carbocycles. The van der Waals surface area contributed by atoms with E-state index in [0.717, 1.165) is 42.7 Å². The molecule has 1 amide bonds. The van der Waals surface area contributed by atoms with Crippen LogP contribution in [-0.2, 0) is 0 Å². The van der Waals surface area contributed by atoms with Gasteiger partial charge in [0.1, 0.15) is 5.52 Å². The minimum atomic E-state index is -0.0741. The number of rotatable bonds is 6. The Balaban J connectivity index is 1.41. The summed E-state index contributed by atoms with van der Waals surface area (Å²) in [4.78, 5) is 19.4. The molecule has 158 valence electrons. The molecule has 0 aliphatic carbocycles. The molecule has 2 heterocycles. The van der Waals surface area contributed by atoms with Gasteiger partial charge in [-0.1, -0.05) is 48.7 Å². The molecule has 1 fully saturated rings. The summed E-state index contributed by atoms with van der Waals surface area (Å²) in [6.45, 7) is 3.90. The van der Waals surface area contributed by atoms with E-state index >= 15 is 0 Å². The summed E-state index contributed by atoms with van der Waals surface area (Å²) >= 11 is 12.7. The van der Waals surface area contributed by atoms with Crippen LogP contribution in [0.4, 0.5) is 0 Å². The number of halogens is 2. The highest BCUT2D eigenvalue weighted by molar-refractivity contribution is 6.37. The molecule has 1 aliphatic heterocycles. The maximum Gasteiger partial charge on any atom is 0.253 e. The number of unbranched alkanes of at least 4 members (excludes halogenated alkanes) is 1. The lowest BCUT2D eigenvalue weighted by molar-refractivity contribution is 0.0706. The first-order valence-electron chi connectivity index (χ1n) is 10.3. The number of hydrogen-bond donors (Lipinski definition) is 0. The van der Waals surface area contributed by atoms with E-state index in [0.29, 0.717) is 41.1 Å². The Hall–Kier alpha value is -2.24. The highest BCUT2D eigenvalue weighted by Gasteiger charge is 2.28. The molecular weight excluding hydrogens is 423 g/mol. The van der Waals surface area contributed by atoms with Gasteiger partial charge in [0.25, 0.3) is 5.91 Å². The van der Waals surface area contributed by atoms with Crippen LogP contribution in [0.3, 0.4) is 0 Å². The van der Waals surface area contributed by atoms with Gasteiger partial charge in [-0.05, 0) is 43.5 Å². The zero-order valence-corrected chi connectivity index (χ0v) is 18.4. The summed E-state index contributed by atoms with van der Waals surface area (Å²) in [5.74, 6) is 1.33. The fourth-order valence-corrected chi connectivity index (χ4v) is 4.31. The van der Waals surface area contributed by atoms with E-state index in [1.807, 2.05) is 29.2 Å². The summed E-state index contributed by atoms with van der Waals surface area (Å²) < 4.78 is 11.6. The number of oxazole rings is 1. The predicted octanol–water partition coefficient (Wildman–Crippen LogP) is 6.33. The number of nitrogens with zero attached hydrogens (tertiary/aromatic N) is 2. The molecule has 0 spiro atoms. The van der Waals surface area contributed by atoms with E-state index < -0.39 is 0 Å². The second kappa shape index (κ2) is 9.27. The number of para-hydroxylation sites is 2. The van der Waals surface area contributed by atoms with E-state index in [9.17, 15) is 4.79 Å². The largest absolute Gasteiger partial charge is 0.490 e. The van der Waals surface area contributed by atoms with Crippen LogP contribution in [0.5, 0.6) is 5.75 Å². The summed E-state index contributed by atoms with van der Waals surface area (Å²) in [5, 5.41) is 0.728. The first-order valence-corrected chi connectivity index (χ1v) is 11.1. The van der Waals surface area contributed by atoms with E-state index in [1.165, 1.54) is 0 Å². The fraction of sp³-hybridized carbons (Fsp3) is 0.391. The van der Waals surface area contributed by atoms with Gasteiger partial charge < -0.3 is 14.1 Å². The maximum absolute atomic E-state index is 13.0. The van der Waals surface area contributed by atoms with Crippen molar-refractivity contribution in [2.75, 3.05) is 19.7 Å². The molecule has 0 N–H and O–H groups in total. The van der Waals surface area contributed by atoms with E-state index in [1.54, 1.807) is 12.1 Å². The molecule has 1 aliphatic rings. The predicted molar refractivity (Wildman–Crippen MR) is 119 cm³/mol. The van der Waals surface area contributed by atoms with Crippen LogP contribution in [-0.4, -0.2) is 35.5 Å². The number of carbonyl (C=O) groups is 1. The van der Waals surface area contributed by atoms with Crippen molar-refractivity contribution in [3.63, 3.8) is 0 Å². The Morgan fingerprint density at radius 2 is 1.90 bits per heavy atom. The molecule has 5 nitrogen and oxygen atoms in total. The number of piperidine rings is 1. The van der Waals surface area contributed by atoms with Crippen molar-refractivity contribution in [1.29, 1.82) is 0 Å². The number of carbonyl (C=O) groups excluding carboxylic acids is 1. The second-order valence-electron chi connectivity index (χ2n) is 7.56. The monoisotopic (exact) mass is 446 g/mol. The van der Waals surface area contributed by atoms with E-state index in [-0.39, 0.29) is 11.8 Å². The lowest BCUT2D eigenvalue weighted by Gasteiger charge is -2.30. The molecule has 0 bridgehead atoms. The van der Waals surface area contributed by atoms with Gasteiger partial charge in [0.05, 0.1) is 16.7 Å². The number of aromatic nitrogens is 1. The lowest BCUT2D eigenvalue weighted by Crippen LogP contribution is -2.38. The number of hydrogen-bond acceptors (Lipinski definition) is 4. The van der Waals surface area contributed by atoms with Crippen molar-refractivity contribution < 1.29 is 13.9 Å². The number of benzene rings is 2. The van der Waals surface area contributed by atoms with Crippen LogP contribution in [0.2, 0.25) is 10.0 Å². The van der Waals surface area contributed by atoms with Gasteiger partial charge in [-0.15, -0.1) is 0 Å². The minimum Gasteiger partial charge on any atom is -0.490 e. The Morgan fingerprint density at radius 1 is 1.20 bits per heavy atom.